The number of hydrogen-bond donors (Lipinski definition) is 1. The first-order valence-electron chi connectivity index (χ1n) is 4.79. The molecule has 0 atom stereocenters. The molecule has 0 aromatic carbocycles. The highest BCUT2D eigenvalue weighted by atomic mass is 79.9. The van der Waals surface area contributed by atoms with E-state index in [0.717, 1.165) is 23.1 Å². The maximum atomic E-state index is 5.95. The molecule has 0 aliphatic rings. The summed E-state index contributed by atoms with van der Waals surface area (Å²) in [6, 6.07) is 5.99. The summed E-state index contributed by atoms with van der Waals surface area (Å²) in [5, 5.41) is 5.99. The Kier molecular flexibility index (Phi) is 4.35. The van der Waals surface area contributed by atoms with Crippen molar-refractivity contribution < 1.29 is 0 Å². The van der Waals surface area contributed by atoms with Gasteiger partial charge in [0.2, 0.25) is 0 Å². The lowest BCUT2D eigenvalue weighted by Gasteiger charge is -2.04. The van der Waals surface area contributed by atoms with Gasteiger partial charge in [-0.05, 0) is 28.1 Å². The van der Waals surface area contributed by atoms with Crippen LogP contribution in [-0.4, -0.2) is 4.98 Å². The van der Waals surface area contributed by atoms with Crippen molar-refractivity contribution in [3.05, 3.63) is 49.8 Å². The Balaban J connectivity index is 1.87. The molecule has 16 heavy (non-hydrogen) atoms. The van der Waals surface area contributed by atoms with E-state index < -0.39 is 0 Å². The predicted molar refractivity (Wildman–Crippen MR) is 71.8 cm³/mol. The van der Waals surface area contributed by atoms with Crippen LogP contribution in [0.15, 0.2) is 34.2 Å². The van der Waals surface area contributed by atoms with E-state index in [0.29, 0.717) is 5.15 Å². The van der Waals surface area contributed by atoms with Crippen molar-refractivity contribution in [3.8, 4) is 0 Å². The van der Waals surface area contributed by atoms with Crippen molar-refractivity contribution in [2.24, 2.45) is 0 Å². The zero-order chi connectivity index (χ0) is 11.4. The number of hydrogen-bond acceptors (Lipinski definition) is 3. The Bertz CT molecular complexity index is 473. The molecule has 2 aromatic heterocycles. The van der Waals surface area contributed by atoms with Crippen molar-refractivity contribution in [1.82, 2.24) is 10.3 Å². The molecule has 2 aromatic rings. The topological polar surface area (TPSA) is 24.9 Å². The molecule has 0 bridgehead atoms. The fourth-order valence-corrected chi connectivity index (χ4v) is 2.92. The van der Waals surface area contributed by atoms with E-state index in [9.17, 15) is 0 Å². The number of nitrogens with zero attached hydrogens (tertiary/aromatic N) is 1. The molecule has 5 heteroatoms. The number of pyridine rings is 1. The average molecular weight is 318 g/mol. The maximum Gasteiger partial charge on any atom is 0.133 e. The van der Waals surface area contributed by atoms with Crippen molar-refractivity contribution in [2.45, 2.75) is 13.1 Å². The van der Waals surface area contributed by atoms with Gasteiger partial charge in [0.15, 0.2) is 0 Å². The van der Waals surface area contributed by atoms with Gasteiger partial charge >= 0.3 is 0 Å². The van der Waals surface area contributed by atoms with E-state index in [-0.39, 0.29) is 0 Å². The second-order valence-electron chi connectivity index (χ2n) is 3.29. The fraction of sp³-hybridized carbons (Fsp3) is 0.182. The van der Waals surface area contributed by atoms with E-state index in [1.807, 2.05) is 12.1 Å². The van der Waals surface area contributed by atoms with Gasteiger partial charge in [0.05, 0.1) is 0 Å². The van der Waals surface area contributed by atoms with Gasteiger partial charge in [-0.3, -0.25) is 0 Å². The molecule has 0 aliphatic heterocycles. The minimum absolute atomic E-state index is 0.572. The molecule has 0 amide bonds. The monoisotopic (exact) mass is 316 g/mol. The molecular weight excluding hydrogens is 308 g/mol. The van der Waals surface area contributed by atoms with Gasteiger partial charge in [0.25, 0.3) is 0 Å². The molecule has 2 heterocycles. The van der Waals surface area contributed by atoms with Crippen molar-refractivity contribution in [1.29, 1.82) is 0 Å². The Morgan fingerprint density at radius 3 is 3.00 bits per heavy atom. The SMILES string of the molecule is Clc1ncccc1CNCc1cc(Br)cs1. The van der Waals surface area contributed by atoms with Crippen LogP contribution in [0.1, 0.15) is 10.4 Å². The summed E-state index contributed by atoms with van der Waals surface area (Å²) in [4.78, 5) is 5.33. The van der Waals surface area contributed by atoms with Crippen LogP contribution in [0, 0.1) is 0 Å². The third-order valence-electron chi connectivity index (χ3n) is 2.07. The lowest BCUT2D eigenvalue weighted by atomic mass is 10.3. The summed E-state index contributed by atoms with van der Waals surface area (Å²) >= 11 is 11.1. The molecule has 0 spiro atoms. The Morgan fingerprint density at radius 1 is 1.44 bits per heavy atom. The second-order valence-corrected chi connectivity index (χ2v) is 5.56. The van der Waals surface area contributed by atoms with E-state index >= 15 is 0 Å². The number of thiophene rings is 1. The summed E-state index contributed by atoms with van der Waals surface area (Å²) in [5.74, 6) is 0. The summed E-state index contributed by atoms with van der Waals surface area (Å²) in [5.41, 5.74) is 1.03. The first kappa shape index (κ1) is 12.0. The standard InChI is InChI=1S/C11H10BrClN2S/c12-9-4-10(16-7-9)6-14-5-8-2-1-3-15-11(8)13/h1-4,7,14H,5-6H2. The first-order chi connectivity index (χ1) is 7.75. The largest absolute Gasteiger partial charge is 0.308 e. The first-order valence-corrected chi connectivity index (χ1v) is 6.84. The average Bonchev–Trinajstić information content (AvgIpc) is 2.67. The van der Waals surface area contributed by atoms with Crippen LogP contribution in [0.25, 0.3) is 0 Å². The van der Waals surface area contributed by atoms with Crippen LogP contribution in [0.4, 0.5) is 0 Å². The molecule has 0 saturated heterocycles. The molecule has 2 rings (SSSR count). The number of aromatic nitrogens is 1. The molecule has 0 aliphatic carbocycles. The highest BCUT2D eigenvalue weighted by molar-refractivity contribution is 9.10. The van der Waals surface area contributed by atoms with Gasteiger partial charge in [-0.25, -0.2) is 4.98 Å². The zero-order valence-corrected chi connectivity index (χ0v) is 11.6. The third-order valence-corrected chi connectivity index (χ3v) is 4.11. The van der Waals surface area contributed by atoms with E-state index in [1.54, 1.807) is 17.5 Å². The van der Waals surface area contributed by atoms with Gasteiger partial charge in [-0.15, -0.1) is 11.3 Å². The normalized spacial score (nSPS) is 10.6. The summed E-state index contributed by atoms with van der Waals surface area (Å²) in [7, 11) is 0. The van der Waals surface area contributed by atoms with E-state index in [2.05, 4.69) is 37.7 Å². The second kappa shape index (κ2) is 5.77. The summed E-state index contributed by atoms with van der Waals surface area (Å²) < 4.78 is 1.13. The van der Waals surface area contributed by atoms with Gasteiger partial charge in [0.1, 0.15) is 5.15 Å². The minimum Gasteiger partial charge on any atom is -0.308 e. The van der Waals surface area contributed by atoms with E-state index in [4.69, 9.17) is 11.6 Å². The van der Waals surface area contributed by atoms with Gasteiger partial charge in [-0.2, -0.15) is 0 Å². The van der Waals surface area contributed by atoms with Crippen LogP contribution in [0.5, 0.6) is 0 Å². The molecule has 84 valence electrons. The van der Waals surface area contributed by atoms with Crippen LogP contribution in [-0.2, 0) is 13.1 Å². The van der Waals surface area contributed by atoms with Crippen LogP contribution in [0.3, 0.4) is 0 Å². The zero-order valence-electron chi connectivity index (χ0n) is 8.41. The number of halogens is 2. The third kappa shape index (κ3) is 3.28. The lowest BCUT2D eigenvalue weighted by molar-refractivity contribution is 0.699. The van der Waals surface area contributed by atoms with Gasteiger partial charge in [0, 0.05) is 39.6 Å². The lowest BCUT2D eigenvalue weighted by Crippen LogP contribution is -2.12. The Hall–Kier alpha value is -0.420. The number of rotatable bonds is 4. The minimum atomic E-state index is 0.572. The Labute approximate surface area is 112 Å². The fourth-order valence-electron chi connectivity index (χ4n) is 1.32. The maximum absolute atomic E-state index is 5.95. The quantitative estimate of drug-likeness (QED) is 0.866. The molecule has 0 unspecified atom stereocenters. The molecular formula is C11H10BrClN2S. The molecule has 0 radical (unpaired) electrons. The molecule has 1 N–H and O–H groups in total. The Morgan fingerprint density at radius 2 is 2.31 bits per heavy atom. The number of nitrogens with one attached hydrogen (secondary N) is 1. The molecule has 2 nitrogen and oxygen atoms in total. The van der Waals surface area contributed by atoms with Crippen molar-refractivity contribution in [3.63, 3.8) is 0 Å². The molecule has 0 fully saturated rings. The predicted octanol–water partition coefficient (Wildman–Crippen LogP) is 3.85. The van der Waals surface area contributed by atoms with Crippen LogP contribution < -0.4 is 5.32 Å². The smallest absolute Gasteiger partial charge is 0.133 e. The van der Waals surface area contributed by atoms with Crippen LogP contribution >= 0.6 is 38.9 Å². The van der Waals surface area contributed by atoms with Crippen LogP contribution in [0.2, 0.25) is 5.15 Å². The van der Waals surface area contributed by atoms with Gasteiger partial charge < -0.3 is 5.32 Å². The van der Waals surface area contributed by atoms with Gasteiger partial charge in [-0.1, -0.05) is 17.7 Å². The summed E-state index contributed by atoms with van der Waals surface area (Å²) in [6.45, 7) is 1.59. The highest BCUT2D eigenvalue weighted by Gasteiger charge is 2.01. The molecule has 0 saturated carbocycles. The van der Waals surface area contributed by atoms with Crippen molar-refractivity contribution >= 4 is 38.9 Å². The summed E-state index contributed by atoms with van der Waals surface area (Å²) in [6.07, 6.45) is 1.70. The van der Waals surface area contributed by atoms with Crippen molar-refractivity contribution in [2.75, 3.05) is 0 Å². The highest BCUT2D eigenvalue weighted by Crippen LogP contribution is 2.19. The van der Waals surface area contributed by atoms with E-state index in [1.165, 1.54) is 4.88 Å².